The number of carbonyl (C=O) groups excluding carboxylic acids is 3. The zero-order valence-corrected chi connectivity index (χ0v) is 17.1. The van der Waals surface area contributed by atoms with Crippen LogP contribution in [0.15, 0.2) is 18.2 Å². The Morgan fingerprint density at radius 2 is 1.96 bits per heavy atom. The summed E-state index contributed by atoms with van der Waals surface area (Å²) in [6, 6.07) is 3.93. The summed E-state index contributed by atoms with van der Waals surface area (Å²) in [5, 5.41) is 6.06. The van der Waals surface area contributed by atoms with Crippen molar-refractivity contribution in [3.63, 3.8) is 0 Å². The van der Waals surface area contributed by atoms with E-state index in [1.807, 2.05) is 6.92 Å². The SMILES string of the molecule is CC[C@H](CC(=O)NC)C(=O)NC(c1cc(F)ccc1Cl)C1CCCC1.NC=O. The Labute approximate surface area is 170 Å². The van der Waals surface area contributed by atoms with Gasteiger partial charge in [0, 0.05) is 24.4 Å². The van der Waals surface area contributed by atoms with Gasteiger partial charge in [0.1, 0.15) is 5.82 Å². The summed E-state index contributed by atoms with van der Waals surface area (Å²) in [5.41, 5.74) is 4.79. The van der Waals surface area contributed by atoms with Gasteiger partial charge in [-0.25, -0.2) is 4.39 Å². The van der Waals surface area contributed by atoms with Gasteiger partial charge in [0.25, 0.3) is 0 Å². The van der Waals surface area contributed by atoms with Crippen molar-refractivity contribution in [1.29, 1.82) is 0 Å². The summed E-state index contributed by atoms with van der Waals surface area (Å²) < 4.78 is 13.8. The number of primary amides is 1. The zero-order chi connectivity index (χ0) is 21.1. The minimum atomic E-state index is -0.406. The molecule has 0 aliphatic heterocycles. The Morgan fingerprint density at radius 1 is 1.36 bits per heavy atom. The maximum absolute atomic E-state index is 13.8. The maximum atomic E-state index is 13.8. The number of nitrogens with two attached hydrogens (primary N) is 1. The standard InChI is InChI=1S/C19H26ClFN2O2.CH3NO/c1-3-12(10-17(24)22-2)19(25)23-18(13-6-4-5-7-13)15-11-14(21)8-9-16(15)20;2-1-3/h8-9,11-13,18H,3-7,10H2,1-2H3,(H,22,24)(H,23,25);1H,(H2,2,3)/t12-,18?;/m1./s1. The van der Waals surface area contributed by atoms with Crippen molar-refractivity contribution in [2.45, 2.75) is 51.5 Å². The predicted molar refractivity (Wildman–Crippen MR) is 107 cm³/mol. The molecular weight excluding hydrogens is 385 g/mol. The third-order valence-corrected chi connectivity index (χ3v) is 5.38. The Hall–Kier alpha value is -2.15. The fourth-order valence-corrected chi connectivity index (χ4v) is 3.75. The van der Waals surface area contributed by atoms with Crippen molar-refractivity contribution in [3.8, 4) is 0 Å². The lowest BCUT2D eigenvalue weighted by Crippen LogP contribution is -2.38. The summed E-state index contributed by atoms with van der Waals surface area (Å²) in [4.78, 5) is 33.0. The number of benzene rings is 1. The summed E-state index contributed by atoms with van der Waals surface area (Å²) in [5.74, 6) is -0.877. The minimum Gasteiger partial charge on any atom is -0.372 e. The molecule has 28 heavy (non-hydrogen) atoms. The van der Waals surface area contributed by atoms with Crippen molar-refractivity contribution < 1.29 is 18.8 Å². The fourth-order valence-electron chi connectivity index (χ4n) is 3.51. The van der Waals surface area contributed by atoms with Crippen molar-refractivity contribution in [3.05, 3.63) is 34.6 Å². The highest BCUT2D eigenvalue weighted by atomic mass is 35.5. The Balaban J connectivity index is 0.00000122. The van der Waals surface area contributed by atoms with Gasteiger partial charge in [0.05, 0.1) is 6.04 Å². The van der Waals surface area contributed by atoms with E-state index in [1.54, 1.807) is 7.05 Å². The van der Waals surface area contributed by atoms with Crippen LogP contribution in [-0.2, 0) is 14.4 Å². The van der Waals surface area contributed by atoms with Gasteiger partial charge in [-0.05, 0) is 48.9 Å². The van der Waals surface area contributed by atoms with Gasteiger partial charge in [0.15, 0.2) is 0 Å². The van der Waals surface area contributed by atoms with E-state index < -0.39 is 5.92 Å². The normalized spacial score (nSPS) is 15.7. The highest BCUT2D eigenvalue weighted by Crippen LogP contribution is 2.38. The first-order chi connectivity index (χ1) is 13.4. The van der Waals surface area contributed by atoms with E-state index in [4.69, 9.17) is 16.4 Å². The molecule has 156 valence electrons. The highest BCUT2D eigenvalue weighted by molar-refractivity contribution is 6.31. The Bertz CT molecular complexity index is 666. The molecular formula is C20H29ClFN3O3. The molecule has 4 N–H and O–H groups in total. The average molecular weight is 414 g/mol. The van der Waals surface area contributed by atoms with E-state index in [0.29, 0.717) is 17.0 Å². The minimum absolute atomic E-state index is 0.146. The van der Waals surface area contributed by atoms with Crippen LogP contribution in [0, 0.1) is 17.7 Å². The van der Waals surface area contributed by atoms with Crippen molar-refractivity contribution in [2.75, 3.05) is 7.05 Å². The van der Waals surface area contributed by atoms with Crippen molar-refractivity contribution in [1.82, 2.24) is 10.6 Å². The monoisotopic (exact) mass is 413 g/mol. The zero-order valence-electron chi connectivity index (χ0n) is 16.3. The molecule has 1 aliphatic rings. The topological polar surface area (TPSA) is 101 Å². The number of nitrogens with one attached hydrogen (secondary N) is 2. The molecule has 1 fully saturated rings. The van der Waals surface area contributed by atoms with E-state index in [0.717, 1.165) is 25.7 Å². The van der Waals surface area contributed by atoms with Gasteiger partial charge >= 0.3 is 0 Å². The van der Waals surface area contributed by atoms with Crippen molar-refractivity contribution >= 4 is 29.8 Å². The lowest BCUT2D eigenvalue weighted by atomic mass is 9.90. The second-order valence-corrected chi connectivity index (χ2v) is 7.22. The molecule has 6 nitrogen and oxygen atoms in total. The third kappa shape index (κ3) is 7.11. The van der Waals surface area contributed by atoms with Gasteiger partial charge in [-0.2, -0.15) is 0 Å². The summed E-state index contributed by atoms with van der Waals surface area (Å²) >= 11 is 6.29. The molecule has 2 rings (SSSR count). The molecule has 1 aromatic carbocycles. The van der Waals surface area contributed by atoms with Crippen LogP contribution >= 0.6 is 11.6 Å². The van der Waals surface area contributed by atoms with Crippen LogP contribution < -0.4 is 16.4 Å². The highest BCUT2D eigenvalue weighted by Gasteiger charge is 2.31. The molecule has 8 heteroatoms. The van der Waals surface area contributed by atoms with Crippen LogP contribution in [0.25, 0.3) is 0 Å². The molecule has 1 aromatic rings. The largest absolute Gasteiger partial charge is 0.372 e. The molecule has 3 amide bonds. The molecule has 0 heterocycles. The summed E-state index contributed by atoms with van der Waals surface area (Å²) in [7, 11) is 1.56. The smallest absolute Gasteiger partial charge is 0.224 e. The number of amides is 3. The molecule has 2 atom stereocenters. The molecule has 1 saturated carbocycles. The molecule has 1 aliphatic carbocycles. The average Bonchev–Trinajstić information content (AvgIpc) is 3.21. The second kappa shape index (κ2) is 12.3. The lowest BCUT2D eigenvalue weighted by molar-refractivity contribution is -0.131. The van der Waals surface area contributed by atoms with E-state index in [2.05, 4.69) is 16.4 Å². The number of carbonyl (C=O) groups is 3. The first kappa shape index (κ1) is 23.9. The van der Waals surface area contributed by atoms with Gasteiger partial charge in [-0.15, -0.1) is 0 Å². The number of halogens is 2. The van der Waals surface area contributed by atoms with Crippen LogP contribution in [0.5, 0.6) is 0 Å². The van der Waals surface area contributed by atoms with Crippen molar-refractivity contribution in [2.24, 2.45) is 17.6 Å². The van der Waals surface area contributed by atoms with E-state index in [1.165, 1.54) is 18.2 Å². The predicted octanol–water partition coefficient (Wildman–Crippen LogP) is 3.09. The number of hydrogen-bond donors (Lipinski definition) is 3. The summed E-state index contributed by atoms with van der Waals surface area (Å²) in [6.07, 6.45) is 5.10. The van der Waals surface area contributed by atoms with E-state index in [9.17, 15) is 14.0 Å². The van der Waals surface area contributed by atoms with Gasteiger partial charge in [0.2, 0.25) is 18.2 Å². The van der Waals surface area contributed by atoms with Crippen LogP contribution in [0.4, 0.5) is 4.39 Å². The first-order valence-electron chi connectivity index (χ1n) is 9.49. The second-order valence-electron chi connectivity index (χ2n) is 6.82. The lowest BCUT2D eigenvalue weighted by Gasteiger charge is -2.28. The number of hydrogen-bond acceptors (Lipinski definition) is 3. The molecule has 0 aromatic heterocycles. The van der Waals surface area contributed by atoms with Crippen LogP contribution in [0.1, 0.15) is 57.1 Å². The number of rotatable bonds is 7. The molecule has 1 unspecified atom stereocenters. The van der Waals surface area contributed by atoms with Gasteiger partial charge in [-0.1, -0.05) is 31.4 Å². The molecule has 0 saturated heterocycles. The quantitative estimate of drug-likeness (QED) is 0.598. The molecule has 0 spiro atoms. The Morgan fingerprint density at radius 3 is 2.50 bits per heavy atom. The third-order valence-electron chi connectivity index (χ3n) is 5.04. The maximum Gasteiger partial charge on any atom is 0.224 e. The van der Waals surface area contributed by atoms with Crippen LogP contribution in [0.2, 0.25) is 5.02 Å². The van der Waals surface area contributed by atoms with E-state index in [-0.39, 0.29) is 42.4 Å². The summed E-state index contributed by atoms with van der Waals surface area (Å²) in [6.45, 7) is 1.88. The van der Waals surface area contributed by atoms with Gasteiger partial charge in [-0.3, -0.25) is 14.4 Å². The van der Waals surface area contributed by atoms with E-state index >= 15 is 0 Å². The fraction of sp³-hybridized carbons (Fsp3) is 0.550. The molecule has 0 radical (unpaired) electrons. The van der Waals surface area contributed by atoms with Crippen LogP contribution in [0.3, 0.4) is 0 Å². The van der Waals surface area contributed by atoms with Gasteiger partial charge < -0.3 is 16.4 Å². The molecule has 0 bridgehead atoms. The Kier molecular flexibility index (Phi) is 10.5. The van der Waals surface area contributed by atoms with Crippen LogP contribution in [-0.4, -0.2) is 25.3 Å². The first-order valence-corrected chi connectivity index (χ1v) is 9.86.